The lowest BCUT2D eigenvalue weighted by Crippen LogP contribution is -2.45. The molecule has 3 aromatic carbocycles. The Balaban J connectivity index is 1.24. The molecule has 2 aliphatic rings. The van der Waals surface area contributed by atoms with Crippen molar-refractivity contribution in [2.75, 3.05) is 33.9 Å². The van der Waals surface area contributed by atoms with Crippen molar-refractivity contribution in [3.8, 4) is 11.5 Å². The van der Waals surface area contributed by atoms with Gasteiger partial charge in [0.25, 0.3) is 5.91 Å². The number of rotatable bonds is 4. The first-order valence-corrected chi connectivity index (χ1v) is 11.9. The summed E-state index contributed by atoms with van der Waals surface area (Å²) in [4.78, 5) is 30.4. The van der Waals surface area contributed by atoms with E-state index in [4.69, 9.17) is 9.47 Å². The Bertz CT molecular complexity index is 1230. The van der Waals surface area contributed by atoms with E-state index in [0.29, 0.717) is 44.8 Å². The zero-order valence-electron chi connectivity index (χ0n) is 19.8. The van der Waals surface area contributed by atoms with E-state index in [9.17, 15) is 9.59 Å². The molecule has 3 aromatic rings. The standard InChI is InChI=1S/C28H30N2O4/c1-33-25-16-21-12-15-30(18-22(21)17-26(25)34-2)27(31)20-10-13-29(14-11-20)28(32)24-9-5-7-19-6-3-4-8-23(19)24/h3-9,16-17,20H,10-15,18H2,1-2H3. The molecule has 0 unspecified atom stereocenters. The minimum atomic E-state index is -0.0433. The second kappa shape index (κ2) is 9.37. The number of nitrogens with zero attached hydrogens (tertiary/aromatic N) is 2. The number of piperidine rings is 1. The zero-order valence-corrected chi connectivity index (χ0v) is 19.8. The van der Waals surface area contributed by atoms with Crippen LogP contribution in [-0.4, -0.2) is 55.5 Å². The van der Waals surface area contributed by atoms with Crippen LogP contribution in [0.5, 0.6) is 11.5 Å². The topological polar surface area (TPSA) is 59.1 Å². The van der Waals surface area contributed by atoms with Crippen LogP contribution < -0.4 is 9.47 Å². The largest absolute Gasteiger partial charge is 0.493 e. The number of ether oxygens (including phenoxy) is 2. The summed E-state index contributed by atoms with van der Waals surface area (Å²) in [5, 5.41) is 2.05. The third kappa shape index (κ3) is 4.09. The van der Waals surface area contributed by atoms with Crippen LogP contribution >= 0.6 is 0 Å². The first kappa shape index (κ1) is 22.3. The first-order chi connectivity index (χ1) is 16.6. The maximum atomic E-state index is 13.3. The van der Waals surface area contributed by atoms with E-state index < -0.39 is 0 Å². The van der Waals surface area contributed by atoms with E-state index in [2.05, 4.69) is 0 Å². The highest BCUT2D eigenvalue weighted by molar-refractivity contribution is 6.07. The Hall–Kier alpha value is -3.54. The van der Waals surface area contributed by atoms with Gasteiger partial charge in [0.2, 0.25) is 5.91 Å². The fourth-order valence-electron chi connectivity index (χ4n) is 5.24. The highest BCUT2D eigenvalue weighted by Gasteiger charge is 2.32. The minimum absolute atomic E-state index is 0.0433. The Morgan fingerprint density at radius 1 is 0.824 bits per heavy atom. The number of amides is 2. The second-order valence-electron chi connectivity index (χ2n) is 9.08. The molecule has 176 valence electrons. The van der Waals surface area contributed by atoms with E-state index in [1.807, 2.05) is 64.4 Å². The summed E-state index contributed by atoms with van der Waals surface area (Å²) in [6, 6.07) is 17.8. The average Bonchev–Trinajstić information content (AvgIpc) is 2.90. The fourth-order valence-corrected chi connectivity index (χ4v) is 5.24. The van der Waals surface area contributed by atoms with Gasteiger partial charge < -0.3 is 19.3 Å². The van der Waals surface area contributed by atoms with Crippen molar-refractivity contribution in [1.82, 2.24) is 9.80 Å². The van der Waals surface area contributed by atoms with Gasteiger partial charge in [-0.1, -0.05) is 36.4 Å². The molecule has 6 nitrogen and oxygen atoms in total. The predicted molar refractivity (Wildman–Crippen MR) is 131 cm³/mol. The van der Waals surface area contributed by atoms with Crippen LogP contribution in [0.3, 0.4) is 0 Å². The molecule has 0 bridgehead atoms. The van der Waals surface area contributed by atoms with Gasteiger partial charge in [0.15, 0.2) is 11.5 Å². The van der Waals surface area contributed by atoms with Crippen molar-refractivity contribution < 1.29 is 19.1 Å². The monoisotopic (exact) mass is 458 g/mol. The van der Waals surface area contributed by atoms with Crippen LogP contribution in [0.25, 0.3) is 10.8 Å². The smallest absolute Gasteiger partial charge is 0.254 e. The van der Waals surface area contributed by atoms with Gasteiger partial charge in [-0.15, -0.1) is 0 Å². The first-order valence-electron chi connectivity index (χ1n) is 11.9. The maximum absolute atomic E-state index is 13.3. The predicted octanol–water partition coefficient (Wildman–Crippen LogP) is 4.29. The zero-order chi connectivity index (χ0) is 23.7. The molecule has 0 radical (unpaired) electrons. The van der Waals surface area contributed by atoms with E-state index >= 15 is 0 Å². The SMILES string of the molecule is COc1cc2c(cc1OC)CN(C(=O)C1CCN(C(=O)c3cccc4ccccc34)CC1)CC2. The van der Waals surface area contributed by atoms with Crippen LogP contribution in [-0.2, 0) is 17.8 Å². The molecule has 0 N–H and O–H groups in total. The number of carbonyl (C=O) groups excluding carboxylic acids is 2. The van der Waals surface area contributed by atoms with Crippen LogP contribution in [0, 0.1) is 5.92 Å². The number of fused-ring (bicyclic) bond motifs is 2. The van der Waals surface area contributed by atoms with Crippen LogP contribution in [0.15, 0.2) is 54.6 Å². The highest BCUT2D eigenvalue weighted by atomic mass is 16.5. The van der Waals surface area contributed by atoms with Crippen molar-refractivity contribution in [3.05, 3.63) is 71.3 Å². The molecule has 0 spiro atoms. The summed E-state index contributed by atoms with van der Waals surface area (Å²) < 4.78 is 10.9. The summed E-state index contributed by atoms with van der Waals surface area (Å²) in [6.07, 6.45) is 2.20. The van der Waals surface area contributed by atoms with Gasteiger partial charge in [-0.2, -0.15) is 0 Å². The van der Waals surface area contributed by atoms with Gasteiger partial charge in [0.1, 0.15) is 0 Å². The quantitative estimate of drug-likeness (QED) is 0.585. The van der Waals surface area contributed by atoms with Crippen LogP contribution in [0.1, 0.15) is 34.3 Å². The van der Waals surface area contributed by atoms with Crippen LogP contribution in [0.4, 0.5) is 0 Å². The fraction of sp³-hybridized carbons (Fsp3) is 0.357. The third-order valence-corrected chi connectivity index (χ3v) is 7.18. The molecule has 0 saturated carbocycles. The van der Waals surface area contributed by atoms with Gasteiger partial charge >= 0.3 is 0 Å². The molecule has 2 heterocycles. The summed E-state index contributed by atoms with van der Waals surface area (Å²) in [5.41, 5.74) is 3.05. The summed E-state index contributed by atoms with van der Waals surface area (Å²) in [5.74, 6) is 1.62. The van der Waals surface area contributed by atoms with Crippen molar-refractivity contribution >= 4 is 22.6 Å². The molecule has 5 rings (SSSR count). The second-order valence-corrected chi connectivity index (χ2v) is 9.08. The van der Waals surface area contributed by atoms with E-state index in [1.54, 1.807) is 14.2 Å². The number of carbonyl (C=O) groups is 2. The molecule has 2 aliphatic heterocycles. The van der Waals surface area contributed by atoms with E-state index in [-0.39, 0.29) is 17.7 Å². The molecule has 34 heavy (non-hydrogen) atoms. The number of benzene rings is 3. The Kier molecular flexibility index (Phi) is 6.14. The normalized spacial score (nSPS) is 16.3. The Morgan fingerprint density at radius 3 is 2.24 bits per heavy atom. The number of hydrogen-bond acceptors (Lipinski definition) is 4. The van der Waals surface area contributed by atoms with Gasteiger partial charge in [0.05, 0.1) is 14.2 Å². The van der Waals surface area contributed by atoms with Gasteiger partial charge in [-0.3, -0.25) is 9.59 Å². The van der Waals surface area contributed by atoms with Crippen molar-refractivity contribution in [1.29, 1.82) is 0 Å². The summed E-state index contributed by atoms with van der Waals surface area (Å²) >= 11 is 0. The number of likely N-dealkylation sites (tertiary alicyclic amines) is 1. The van der Waals surface area contributed by atoms with Crippen molar-refractivity contribution in [3.63, 3.8) is 0 Å². The molecule has 0 aliphatic carbocycles. The molecule has 1 fully saturated rings. The molecule has 2 amide bonds. The number of hydrogen-bond donors (Lipinski definition) is 0. The molecule has 0 atom stereocenters. The van der Waals surface area contributed by atoms with Crippen molar-refractivity contribution in [2.45, 2.75) is 25.8 Å². The maximum Gasteiger partial charge on any atom is 0.254 e. The minimum Gasteiger partial charge on any atom is -0.493 e. The molecular formula is C28H30N2O4. The van der Waals surface area contributed by atoms with E-state index in [1.165, 1.54) is 5.56 Å². The van der Waals surface area contributed by atoms with Gasteiger partial charge in [0, 0.05) is 37.7 Å². The lowest BCUT2D eigenvalue weighted by Gasteiger charge is -2.36. The van der Waals surface area contributed by atoms with E-state index in [0.717, 1.165) is 34.1 Å². The lowest BCUT2D eigenvalue weighted by molar-refractivity contribution is -0.137. The molecule has 0 aromatic heterocycles. The number of methoxy groups -OCH3 is 2. The summed E-state index contributed by atoms with van der Waals surface area (Å²) in [6.45, 7) is 2.50. The summed E-state index contributed by atoms with van der Waals surface area (Å²) in [7, 11) is 3.27. The van der Waals surface area contributed by atoms with Gasteiger partial charge in [-0.25, -0.2) is 0 Å². The average molecular weight is 459 g/mol. The van der Waals surface area contributed by atoms with Crippen molar-refractivity contribution in [2.24, 2.45) is 5.92 Å². The lowest BCUT2D eigenvalue weighted by atomic mass is 9.92. The molecule has 1 saturated heterocycles. The molecular weight excluding hydrogens is 428 g/mol. The van der Waals surface area contributed by atoms with Gasteiger partial charge in [-0.05, 0) is 59.4 Å². The third-order valence-electron chi connectivity index (χ3n) is 7.18. The Morgan fingerprint density at radius 2 is 1.50 bits per heavy atom. The Labute approximate surface area is 200 Å². The molecule has 6 heteroatoms. The van der Waals surface area contributed by atoms with Crippen LogP contribution in [0.2, 0.25) is 0 Å². The highest BCUT2D eigenvalue weighted by Crippen LogP contribution is 2.34.